The highest BCUT2D eigenvalue weighted by atomic mass is 19.3. The van der Waals surface area contributed by atoms with Gasteiger partial charge in [0.05, 0.1) is 12.8 Å². The molecule has 1 unspecified atom stereocenters. The lowest BCUT2D eigenvalue weighted by molar-refractivity contribution is 0.0504. The highest BCUT2D eigenvalue weighted by Crippen LogP contribution is 2.38. The Morgan fingerprint density at radius 2 is 2.09 bits per heavy atom. The van der Waals surface area contributed by atoms with Crippen LogP contribution in [0.4, 0.5) is 14.6 Å². The van der Waals surface area contributed by atoms with Gasteiger partial charge in [-0.3, -0.25) is 4.79 Å². The third kappa shape index (κ3) is 4.42. The molecule has 4 rings (SSSR count). The molecule has 4 heterocycles. The molecule has 1 fully saturated rings. The average Bonchev–Trinajstić information content (AvgIpc) is 3.23. The molecular weight excluding hydrogens is 416 g/mol. The number of methoxy groups -OCH3 is 1. The predicted octanol–water partition coefficient (Wildman–Crippen LogP) is 4.13. The molecule has 2 aliphatic heterocycles. The number of rotatable bonds is 4. The van der Waals surface area contributed by atoms with Crippen molar-refractivity contribution in [3.05, 3.63) is 35.7 Å². The molecule has 1 saturated heterocycles. The van der Waals surface area contributed by atoms with Gasteiger partial charge in [-0.2, -0.15) is 5.10 Å². The van der Waals surface area contributed by atoms with Gasteiger partial charge in [0.25, 0.3) is 12.3 Å². The molecule has 174 valence electrons. The van der Waals surface area contributed by atoms with Gasteiger partial charge in [-0.25, -0.2) is 18.4 Å². The molecular formula is C23H31F2N5O2. The predicted molar refractivity (Wildman–Crippen MR) is 117 cm³/mol. The van der Waals surface area contributed by atoms with Gasteiger partial charge in [-0.1, -0.05) is 20.8 Å². The Labute approximate surface area is 187 Å². The number of pyridine rings is 1. The van der Waals surface area contributed by atoms with Crippen LogP contribution in [0.25, 0.3) is 0 Å². The number of hydrogen-bond donors (Lipinski definition) is 1. The number of likely N-dealkylation sites (tertiary alicyclic amines) is 1. The summed E-state index contributed by atoms with van der Waals surface area (Å²) in [5.74, 6) is 1.02. The van der Waals surface area contributed by atoms with E-state index in [0.717, 1.165) is 18.5 Å². The van der Waals surface area contributed by atoms with Gasteiger partial charge in [0.15, 0.2) is 0 Å². The number of nitrogens with zero attached hydrogens (tertiary/aromatic N) is 4. The average molecular weight is 448 g/mol. The number of fused-ring (bicyclic) bond motifs is 1. The molecule has 7 nitrogen and oxygen atoms in total. The van der Waals surface area contributed by atoms with Crippen molar-refractivity contribution in [2.24, 2.45) is 5.92 Å². The molecule has 1 N–H and O–H groups in total. The summed E-state index contributed by atoms with van der Waals surface area (Å²) >= 11 is 0. The van der Waals surface area contributed by atoms with E-state index in [2.05, 4.69) is 15.4 Å². The van der Waals surface area contributed by atoms with Crippen LogP contribution in [-0.4, -0.2) is 58.2 Å². The van der Waals surface area contributed by atoms with Crippen LogP contribution in [0.5, 0.6) is 5.88 Å². The van der Waals surface area contributed by atoms with Crippen molar-refractivity contribution in [3.63, 3.8) is 0 Å². The Morgan fingerprint density at radius 3 is 2.78 bits per heavy atom. The van der Waals surface area contributed by atoms with E-state index >= 15 is 0 Å². The van der Waals surface area contributed by atoms with Gasteiger partial charge in [0.2, 0.25) is 5.88 Å². The second kappa shape index (κ2) is 8.67. The lowest BCUT2D eigenvalue weighted by Gasteiger charge is -2.41. The number of aromatic nitrogens is 3. The van der Waals surface area contributed by atoms with E-state index in [1.54, 1.807) is 18.3 Å². The lowest BCUT2D eigenvalue weighted by Crippen LogP contribution is -2.48. The molecule has 32 heavy (non-hydrogen) atoms. The molecule has 0 aromatic carbocycles. The van der Waals surface area contributed by atoms with Crippen molar-refractivity contribution in [2.45, 2.75) is 64.0 Å². The van der Waals surface area contributed by atoms with Crippen LogP contribution < -0.4 is 10.1 Å². The van der Waals surface area contributed by atoms with Gasteiger partial charge in [0, 0.05) is 48.4 Å². The maximum Gasteiger partial charge on any atom is 0.260 e. The third-order valence-electron chi connectivity index (χ3n) is 6.44. The summed E-state index contributed by atoms with van der Waals surface area (Å²) in [6, 6.07) is 4.07. The minimum absolute atomic E-state index is 0.0828. The van der Waals surface area contributed by atoms with Crippen LogP contribution in [0.15, 0.2) is 24.4 Å². The van der Waals surface area contributed by atoms with E-state index < -0.39 is 12.5 Å². The molecule has 9 heteroatoms. The molecule has 0 aliphatic carbocycles. The number of carbonyl (C=O) groups excluding carboxylic acids is 1. The van der Waals surface area contributed by atoms with Crippen molar-refractivity contribution in [2.75, 3.05) is 25.5 Å². The number of ether oxygens (including phenoxy) is 1. The van der Waals surface area contributed by atoms with Crippen molar-refractivity contribution < 1.29 is 18.3 Å². The number of alkyl halides is 2. The molecule has 2 aromatic heterocycles. The lowest BCUT2D eigenvalue weighted by atomic mass is 9.85. The quantitative estimate of drug-likeness (QED) is 0.763. The smallest absolute Gasteiger partial charge is 0.260 e. The third-order valence-corrected chi connectivity index (χ3v) is 6.44. The van der Waals surface area contributed by atoms with Gasteiger partial charge >= 0.3 is 0 Å². The Kier molecular flexibility index (Phi) is 6.09. The first-order valence-corrected chi connectivity index (χ1v) is 11.1. The van der Waals surface area contributed by atoms with E-state index in [4.69, 9.17) is 4.74 Å². The number of amides is 1. The van der Waals surface area contributed by atoms with E-state index in [1.165, 1.54) is 11.8 Å². The molecule has 1 amide bonds. The number of halogens is 2. The fraction of sp³-hybridized carbons (Fsp3) is 0.609. The van der Waals surface area contributed by atoms with Gasteiger partial charge in [0.1, 0.15) is 11.9 Å². The molecule has 0 spiro atoms. The molecule has 2 aliphatic rings. The summed E-state index contributed by atoms with van der Waals surface area (Å²) in [6.45, 7) is 7.24. The standard InChI is InChI=1S/C23H31F2N5O2/c1-23(2,3)18-12-19-27-16(11-17(21(24)25)30(19)28-18)15-6-5-9-29(13-15)22(31)14-7-8-26-20(10-14)32-4/h7-8,10,12,15-17,21,27H,5-6,9,11,13H2,1-4H3/t15?,16-,17+/m0/s1. The first-order chi connectivity index (χ1) is 15.2. The minimum Gasteiger partial charge on any atom is -0.481 e. The van der Waals surface area contributed by atoms with Gasteiger partial charge in [-0.15, -0.1) is 0 Å². The Bertz CT molecular complexity index is 972. The van der Waals surface area contributed by atoms with Crippen LogP contribution in [0.3, 0.4) is 0 Å². The second-order valence-corrected chi connectivity index (χ2v) is 9.74. The van der Waals surface area contributed by atoms with Gasteiger partial charge in [-0.05, 0) is 31.2 Å². The maximum absolute atomic E-state index is 14.0. The van der Waals surface area contributed by atoms with Crippen molar-refractivity contribution >= 4 is 11.7 Å². The minimum atomic E-state index is -2.50. The Hall–Kier alpha value is -2.71. The normalized spacial score (nSPS) is 23.6. The SMILES string of the molecule is COc1cc(C(=O)N2CCCC([C@@H]3C[C@H](C(F)F)n4nc(C(C)(C)C)cc4N3)C2)ccn1. The zero-order chi connectivity index (χ0) is 23.0. The highest BCUT2D eigenvalue weighted by molar-refractivity contribution is 5.94. The summed E-state index contributed by atoms with van der Waals surface area (Å²) in [4.78, 5) is 18.9. The highest BCUT2D eigenvalue weighted by Gasteiger charge is 2.39. The molecule has 2 aromatic rings. The zero-order valence-electron chi connectivity index (χ0n) is 19.0. The molecule has 3 atom stereocenters. The van der Waals surface area contributed by atoms with Crippen LogP contribution in [-0.2, 0) is 5.41 Å². The monoisotopic (exact) mass is 447 g/mol. The van der Waals surface area contributed by atoms with Crippen LogP contribution in [0.1, 0.15) is 62.1 Å². The number of nitrogens with one attached hydrogen (secondary N) is 1. The van der Waals surface area contributed by atoms with E-state index in [-0.39, 0.29) is 29.7 Å². The van der Waals surface area contributed by atoms with Crippen LogP contribution in [0.2, 0.25) is 0 Å². The van der Waals surface area contributed by atoms with E-state index in [1.807, 2.05) is 31.7 Å². The van der Waals surface area contributed by atoms with E-state index in [0.29, 0.717) is 30.4 Å². The van der Waals surface area contributed by atoms with E-state index in [9.17, 15) is 13.6 Å². The second-order valence-electron chi connectivity index (χ2n) is 9.74. The van der Waals surface area contributed by atoms with Crippen molar-refractivity contribution in [1.29, 1.82) is 0 Å². The number of piperidine rings is 1. The summed E-state index contributed by atoms with van der Waals surface area (Å²) in [5.41, 5.74) is 1.08. The summed E-state index contributed by atoms with van der Waals surface area (Å²) in [7, 11) is 1.51. The number of carbonyl (C=O) groups is 1. The summed E-state index contributed by atoms with van der Waals surface area (Å²) in [5, 5.41) is 7.96. The fourth-order valence-electron chi connectivity index (χ4n) is 4.61. The first kappa shape index (κ1) is 22.5. The number of anilines is 1. The van der Waals surface area contributed by atoms with Crippen LogP contribution >= 0.6 is 0 Å². The zero-order valence-corrected chi connectivity index (χ0v) is 19.0. The topological polar surface area (TPSA) is 72.3 Å². The number of hydrogen-bond acceptors (Lipinski definition) is 5. The summed E-state index contributed by atoms with van der Waals surface area (Å²) in [6.07, 6.45) is 1.06. The fourth-order valence-corrected chi connectivity index (χ4v) is 4.61. The van der Waals surface area contributed by atoms with Crippen molar-refractivity contribution in [3.8, 4) is 5.88 Å². The molecule has 0 bridgehead atoms. The maximum atomic E-state index is 14.0. The largest absolute Gasteiger partial charge is 0.481 e. The van der Waals surface area contributed by atoms with Gasteiger partial charge < -0.3 is 15.0 Å². The Morgan fingerprint density at radius 1 is 1.31 bits per heavy atom. The van der Waals surface area contributed by atoms with Crippen LogP contribution in [0, 0.1) is 5.92 Å². The van der Waals surface area contributed by atoms with Crippen molar-refractivity contribution in [1.82, 2.24) is 19.7 Å². The molecule has 0 radical (unpaired) electrons. The summed E-state index contributed by atoms with van der Waals surface area (Å²) < 4.78 is 34.5. The Balaban J connectivity index is 1.53. The first-order valence-electron chi connectivity index (χ1n) is 11.1. The molecule has 0 saturated carbocycles.